The number of hydrogen-bond donors (Lipinski definition) is 3. The van der Waals surface area contributed by atoms with E-state index in [2.05, 4.69) is 27.2 Å². The van der Waals surface area contributed by atoms with Crippen LogP contribution in [0.4, 0.5) is 11.8 Å². The summed E-state index contributed by atoms with van der Waals surface area (Å²) in [5, 5.41) is 11.2. The Morgan fingerprint density at radius 3 is 2.82 bits per heavy atom. The molecule has 9 heteroatoms. The first-order valence-electron chi connectivity index (χ1n) is 6.65. The molecule has 22 heavy (non-hydrogen) atoms. The predicted octanol–water partition coefficient (Wildman–Crippen LogP) is 1.26. The molecule has 120 valence electrons. The number of nitrogens with zero attached hydrogens (tertiary/aromatic N) is 4. The zero-order valence-corrected chi connectivity index (χ0v) is 13.4. The molecule has 0 aromatic carbocycles. The van der Waals surface area contributed by atoms with Crippen molar-refractivity contribution in [3.63, 3.8) is 0 Å². The van der Waals surface area contributed by atoms with Gasteiger partial charge in [-0.1, -0.05) is 18.7 Å². The molecule has 0 fully saturated rings. The summed E-state index contributed by atoms with van der Waals surface area (Å²) < 4.78 is 2.00. The molecule has 2 aromatic rings. The first-order valence-corrected chi connectivity index (χ1v) is 7.64. The summed E-state index contributed by atoms with van der Waals surface area (Å²) in [7, 11) is 1.99. The van der Waals surface area contributed by atoms with Crippen molar-refractivity contribution in [2.75, 3.05) is 23.3 Å². The summed E-state index contributed by atoms with van der Waals surface area (Å²) in [6, 6.07) is 0. The SMILES string of the molecule is CCc1cnc(N)nc1NCCSc1nccn1C.O=CO. The molecule has 0 radical (unpaired) electrons. The van der Waals surface area contributed by atoms with Crippen molar-refractivity contribution < 1.29 is 9.90 Å². The van der Waals surface area contributed by atoms with Gasteiger partial charge in [0.1, 0.15) is 5.82 Å². The van der Waals surface area contributed by atoms with Crippen molar-refractivity contribution >= 4 is 30.0 Å². The molecule has 0 spiro atoms. The van der Waals surface area contributed by atoms with E-state index in [9.17, 15) is 0 Å². The highest BCUT2D eigenvalue weighted by Gasteiger charge is 2.04. The van der Waals surface area contributed by atoms with Crippen LogP contribution in [0.5, 0.6) is 0 Å². The number of carboxylic acid groups (broad SMARTS) is 1. The van der Waals surface area contributed by atoms with Gasteiger partial charge >= 0.3 is 0 Å². The maximum atomic E-state index is 8.36. The van der Waals surface area contributed by atoms with Gasteiger partial charge in [0.25, 0.3) is 6.47 Å². The molecule has 0 aliphatic rings. The van der Waals surface area contributed by atoms with Crippen LogP contribution in [0.15, 0.2) is 23.7 Å². The van der Waals surface area contributed by atoms with E-state index >= 15 is 0 Å². The van der Waals surface area contributed by atoms with Crippen LogP contribution in [0, 0.1) is 0 Å². The monoisotopic (exact) mass is 324 g/mol. The molecule has 2 rings (SSSR count). The normalized spacial score (nSPS) is 9.73. The van der Waals surface area contributed by atoms with Gasteiger partial charge in [0.15, 0.2) is 5.16 Å². The third-order valence-electron chi connectivity index (χ3n) is 2.67. The van der Waals surface area contributed by atoms with E-state index < -0.39 is 0 Å². The van der Waals surface area contributed by atoms with E-state index in [1.54, 1.807) is 24.2 Å². The molecule has 0 unspecified atom stereocenters. The minimum absolute atomic E-state index is 0.250. The Balaban J connectivity index is 0.000000745. The first kappa shape index (κ1) is 17.8. The number of anilines is 2. The summed E-state index contributed by atoms with van der Waals surface area (Å²) in [5.41, 5.74) is 6.68. The minimum atomic E-state index is -0.250. The van der Waals surface area contributed by atoms with E-state index in [1.165, 1.54) is 0 Å². The maximum absolute atomic E-state index is 8.36. The van der Waals surface area contributed by atoms with Gasteiger partial charge in [-0.15, -0.1) is 0 Å². The van der Waals surface area contributed by atoms with Crippen LogP contribution in [-0.2, 0) is 18.3 Å². The van der Waals surface area contributed by atoms with Crippen molar-refractivity contribution in [3.05, 3.63) is 24.2 Å². The molecule has 0 atom stereocenters. The molecule has 0 amide bonds. The molecular formula is C13H20N6O2S. The van der Waals surface area contributed by atoms with Crippen LogP contribution in [0.25, 0.3) is 0 Å². The Hall–Kier alpha value is -2.29. The van der Waals surface area contributed by atoms with Crippen molar-refractivity contribution in [3.8, 4) is 0 Å². The number of hydrogen-bond acceptors (Lipinski definition) is 7. The maximum Gasteiger partial charge on any atom is 0.290 e. The second-order valence-corrected chi connectivity index (χ2v) is 5.22. The lowest BCUT2D eigenvalue weighted by Gasteiger charge is -2.09. The van der Waals surface area contributed by atoms with Crippen LogP contribution in [0.3, 0.4) is 0 Å². The largest absolute Gasteiger partial charge is 0.483 e. The Labute approximate surface area is 133 Å². The van der Waals surface area contributed by atoms with E-state index in [-0.39, 0.29) is 6.47 Å². The van der Waals surface area contributed by atoms with Crippen LogP contribution in [0.1, 0.15) is 12.5 Å². The number of thioether (sulfide) groups is 1. The van der Waals surface area contributed by atoms with Gasteiger partial charge in [0, 0.05) is 43.5 Å². The quantitative estimate of drug-likeness (QED) is 0.413. The molecule has 4 N–H and O–H groups in total. The second kappa shape index (κ2) is 9.61. The topological polar surface area (TPSA) is 119 Å². The van der Waals surface area contributed by atoms with Gasteiger partial charge in [-0.25, -0.2) is 9.97 Å². The van der Waals surface area contributed by atoms with Gasteiger partial charge in [0.05, 0.1) is 0 Å². The fraction of sp³-hybridized carbons (Fsp3) is 0.385. The zero-order chi connectivity index (χ0) is 16.4. The molecule has 0 bridgehead atoms. The van der Waals surface area contributed by atoms with Crippen molar-refractivity contribution in [1.82, 2.24) is 19.5 Å². The van der Waals surface area contributed by atoms with Crippen molar-refractivity contribution in [2.24, 2.45) is 7.05 Å². The van der Waals surface area contributed by atoms with Crippen LogP contribution >= 0.6 is 11.8 Å². The highest BCUT2D eigenvalue weighted by atomic mass is 32.2. The van der Waals surface area contributed by atoms with E-state index in [0.29, 0.717) is 5.95 Å². The fourth-order valence-electron chi connectivity index (χ4n) is 1.63. The number of nitrogen functional groups attached to an aromatic ring is 1. The number of carbonyl (C=O) groups is 1. The highest BCUT2D eigenvalue weighted by molar-refractivity contribution is 7.99. The van der Waals surface area contributed by atoms with Crippen LogP contribution < -0.4 is 11.1 Å². The average molecular weight is 324 g/mol. The Kier molecular flexibility index (Phi) is 7.76. The average Bonchev–Trinajstić information content (AvgIpc) is 2.90. The number of rotatable bonds is 6. The number of imidazole rings is 1. The number of nitrogens with two attached hydrogens (primary N) is 1. The van der Waals surface area contributed by atoms with Gasteiger partial charge in [-0.05, 0) is 6.42 Å². The van der Waals surface area contributed by atoms with Crippen LogP contribution in [0.2, 0.25) is 0 Å². The lowest BCUT2D eigenvalue weighted by atomic mass is 10.2. The number of aryl methyl sites for hydroxylation is 2. The van der Waals surface area contributed by atoms with E-state index in [1.807, 2.05) is 17.8 Å². The van der Waals surface area contributed by atoms with Gasteiger partial charge in [0.2, 0.25) is 5.95 Å². The third kappa shape index (κ3) is 5.60. The molecular weight excluding hydrogens is 304 g/mol. The van der Waals surface area contributed by atoms with Crippen LogP contribution in [-0.4, -0.2) is 43.4 Å². The molecule has 2 heterocycles. The molecule has 0 aliphatic carbocycles. The summed E-state index contributed by atoms with van der Waals surface area (Å²) in [6.45, 7) is 2.63. The Morgan fingerprint density at radius 1 is 1.50 bits per heavy atom. The van der Waals surface area contributed by atoms with Crippen molar-refractivity contribution in [1.29, 1.82) is 0 Å². The van der Waals surface area contributed by atoms with Crippen molar-refractivity contribution in [2.45, 2.75) is 18.5 Å². The van der Waals surface area contributed by atoms with E-state index in [0.717, 1.165) is 35.3 Å². The third-order valence-corrected chi connectivity index (χ3v) is 3.73. The zero-order valence-electron chi connectivity index (χ0n) is 12.6. The smallest absolute Gasteiger partial charge is 0.290 e. The summed E-state index contributed by atoms with van der Waals surface area (Å²) >= 11 is 1.71. The van der Waals surface area contributed by atoms with E-state index in [4.69, 9.17) is 15.6 Å². The molecule has 0 saturated heterocycles. The lowest BCUT2D eigenvalue weighted by molar-refractivity contribution is -0.122. The van der Waals surface area contributed by atoms with Gasteiger partial charge in [-0.2, -0.15) is 4.98 Å². The number of nitrogens with one attached hydrogen (secondary N) is 1. The predicted molar refractivity (Wildman–Crippen MR) is 86.9 cm³/mol. The summed E-state index contributed by atoms with van der Waals surface area (Å²) in [6.07, 6.45) is 6.40. The molecule has 0 aliphatic heterocycles. The van der Waals surface area contributed by atoms with Gasteiger partial charge in [-0.3, -0.25) is 4.79 Å². The Bertz CT molecular complexity index is 590. The first-order chi connectivity index (χ1) is 10.6. The highest BCUT2D eigenvalue weighted by Crippen LogP contribution is 2.16. The summed E-state index contributed by atoms with van der Waals surface area (Å²) in [5.74, 6) is 2.05. The molecule has 8 nitrogen and oxygen atoms in total. The summed E-state index contributed by atoms with van der Waals surface area (Å²) in [4.78, 5) is 20.8. The second-order valence-electron chi connectivity index (χ2n) is 4.16. The number of aromatic nitrogens is 4. The minimum Gasteiger partial charge on any atom is -0.483 e. The standard InChI is InChI=1S/C12H18N6S.CH2O2/c1-3-9-8-16-11(13)17-10(9)14-5-7-19-12-15-4-6-18(12)2;2-1-3/h4,6,8H,3,5,7H2,1-2H3,(H3,13,14,16,17);1H,(H,2,3). The molecule has 0 saturated carbocycles. The fourth-order valence-corrected chi connectivity index (χ4v) is 2.42. The Morgan fingerprint density at radius 2 is 2.23 bits per heavy atom. The lowest BCUT2D eigenvalue weighted by Crippen LogP contribution is -2.10. The molecule has 2 aromatic heterocycles. The van der Waals surface area contributed by atoms with Gasteiger partial charge < -0.3 is 20.7 Å².